The van der Waals surface area contributed by atoms with Gasteiger partial charge >= 0.3 is 0 Å². The number of nitrogens with zero attached hydrogens (tertiary/aromatic N) is 1. The molecule has 0 saturated carbocycles. The lowest BCUT2D eigenvalue weighted by atomic mass is 9.81. The van der Waals surface area contributed by atoms with Gasteiger partial charge in [-0.25, -0.2) is 0 Å². The van der Waals surface area contributed by atoms with Crippen molar-refractivity contribution in [2.75, 3.05) is 17.7 Å². The first-order chi connectivity index (χ1) is 10.3. The molecule has 2 saturated heterocycles. The third-order valence-electron chi connectivity index (χ3n) is 5.02. The monoisotopic (exact) mass is 304 g/mol. The van der Waals surface area contributed by atoms with Gasteiger partial charge in [-0.05, 0) is 63.5 Å². The van der Waals surface area contributed by atoms with Crippen LogP contribution in [0.25, 0.3) is 0 Å². The molecule has 2 heterocycles. The van der Waals surface area contributed by atoms with E-state index in [0.29, 0.717) is 0 Å². The molecule has 0 spiro atoms. The number of benzene rings is 1. The quantitative estimate of drug-likeness (QED) is 0.817. The lowest BCUT2D eigenvalue weighted by Crippen LogP contribution is -2.56. The van der Waals surface area contributed by atoms with Gasteiger partial charge in [0.2, 0.25) is 0 Å². The van der Waals surface area contributed by atoms with Crippen molar-refractivity contribution in [1.29, 1.82) is 0 Å². The molecule has 21 heavy (non-hydrogen) atoms. The second kappa shape index (κ2) is 7.06. The summed E-state index contributed by atoms with van der Waals surface area (Å²) >= 11 is 1.89. The van der Waals surface area contributed by atoms with Crippen molar-refractivity contribution in [3.63, 3.8) is 0 Å². The molecule has 0 radical (unpaired) electrons. The molecule has 3 rings (SSSR count). The molecule has 1 N–H and O–H groups in total. The second-order valence-corrected chi connectivity index (χ2v) is 7.29. The standard InChI is InChI=1S/C18H28N2S/c1-3-11-19-14-12-15-7-6-8-16(13-14)20(15)17-9-4-5-10-18(17)21-2/h4-5,9-10,14-16,19H,3,6-8,11-13H2,1-2H3. The third kappa shape index (κ3) is 3.24. The normalized spacial score (nSPS) is 28.7. The van der Waals surface area contributed by atoms with Crippen molar-refractivity contribution in [3.05, 3.63) is 24.3 Å². The predicted octanol–water partition coefficient (Wildman–Crippen LogP) is 4.30. The van der Waals surface area contributed by atoms with Gasteiger partial charge in [0.1, 0.15) is 0 Å². The molecule has 1 aromatic rings. The van der Waals surface area contributed by atoms with E-state index in [4.69, 9.17) is 0 Å². The molecule has 2 unspecified atom stereocenters. The van der Waals surface area contributed by atoms with E-state index in [1.165, 1.54) is 55.7 Å². The average Bonchev–Trinajstić information content (AvgIpc) is 2.52. The highest BCUT2D eigenvalue weighted by Gasteiger charge is 2.38. The fourth-order valence-corrected chi connectivity index (χ4v) is 4.73. The summed E-state index contributed by atoms with van der Waals surface area (Å²) in [5.74, 6) is 0. The summed E-state index contributed by atoms with van der Waals surface area (Å²) in [4.78, 5) is 4.20. The van der Waals surface area contributed by atoms with Crippen LogP contribution in [0.3, 0.4) is 0 Å². The summed E-state index contributed by atoms with van der Waals surface area (Å²) in [7, 11) is 0. The van der Waals surface area contributed by atoms with E-state index in [2.05, 4.69) is 47.7 Å². The highest BCUT2D eigenvalue weighted by molar-refractivity contribution is 7.98. The average molecular weight is 305 g/mol. The molecule has 2 fully saturated rings. The Labute approximate surface area is 133 Å². The number of fused-ring (bicyclic) bond motifs is 2. The van der Waals surface area contributed by atoms with Gasteiger partial charge in [-0.3, -0.25) is 0 Å². The Balaban J connectivity index is 1.80. The Kier molecular flexibility index (Phi) is 5.12. The Morgan fingerprint density at radius 1 is 1.19 bits per heavy atom. The Morgan fingerprint density at radius 3 is 2.57 bits per heavy atom. The van der Waals surface area contributed by atoms with Crippen LogP contribution in [-0.4, -0.2) is 30.9 Å². The Bertz CT molecular complexity index is 448. The van der Waals surface area contributed by atoms with Crippen LogP contribution < -0.4 is 10.2 Å². The van der Waals surface area contributed by atoms with Crippen molar-refractivity contribution in [2.45, 2.75) is 68.5 Å². The number of anilines is 1. The first kappa shape index (κ1) is 15.2. The van der Waals surface area contributed by atoms with Crippen LogP contribution in [0.4, 0.5) is 5.69 Å². The molecule has 2 nitrogen and oxygen atoms in total. The molecule has 2 aliphatic rings. The Morgan fingerprint density at radius 2 is 1.90 bits per heavy atom. The first-order valence-electron chi connectivity index (χ1n) is 8.48. The molecular weight excluding hydrogens is 276 g/mol. The highest BCUT2D eigenvalue weighted by Crippen LogP contribution is 2.41. The van der Waals surface area contributed by atoms with Gasteiger partial charge in [0, 0.05) is 23.0 Å². The maximum atomic E-state index is 3.77. The smallest absolute Gasteiger partial charge is 0.0509 e. The number of hydrogen-bond donors (Lipinski definition) is 1. The Hall–Kier alpha value is -0.670. The maximum absolute atomic E-state index is 3.77. The molecule has 116 valence electrons. The molecule has 0 aromatic heterocycles. The van der Waals surface area contributed by atoms with E-state index in [1.54, 1.807) is 0 Å². The van der Waals surface area contributed by atoms with Crippen LogP contribution in [-0.2, 0) is 0 Å². The third-order valence-corrected chi connectivity index (χ3v) is 5.81. The van der Waals surface area contributed by atoms with E-state index < -0.39 is 0 Å². The van der Waals surface area contributed by atoms with E-state index in [1.807, 2.05) is 11.8 Å². The van der Waals surface area contributed by atoms with Crippen LogP contribution in [0, 0.1) is 0 Å². The number of piperidine rings is 2. The van der Waals surface area contributed by atoms with E-state index in [-0.39, 0.29) is 0 Å². The molecular formula is C18H28N2S. The fraction of sp³-hybridized carbons (Fsp3) is 0.667. The zero-order valence-electron chi connectivity index (χ0n) is 13.3. The fourth-order valence-electron chi connectivity index (χ4n) is 4.13. The van der Waals surface area contributed by atoms with Crippen LogP contribution in [0.5, 0.6) is 0 Å². The number of hydrogen-bond acceptors (Lipinski definition) is 3. The minimum Gasteiger partial charge on any atom is -0.365 e. The van der Waals surface area contributed by atoms with Gasteiger partial charge < -0.3 is 10.2 Å². The zero-order valence-corrected chi connectivity index (χ0v) is 14.2. The molecule has 2 bridgehead atoms. The van der Waals surface area contributed by atoms with Gasteiger partial charge in [-0.15, -0.1) is 11.8 Å². The summed E-state index contributed by atoms with van der Waals surface area (Å²) in [5.41, 5.74) is 1.48. The van der Waals surface area contributed by atoms with Crippen molar-refractivity contribution < 1.29 is 0 Å². The molecule has 0 aliphatic carbocycles. The maximum Gasteiger partial charge on any atom is 0.0509 e. The van der Waals surface area contributed by atoms with Gasteiger partial charge in [-0.2, -0.15) is 0 Å². The van der Waals surface area contributed by atoms with Crippen LogP contribution >= 0.6 is 11.8 Å². The topological polar surface area (TPSA) is 15.3 Å². The molecule has 0 amide bonds. The summed E-state index contributed by atoms with van der Waals surface area (Å²) < 4.78 is 0. The molecule has 3 heteroatoms. The lowest BCUT2D eigenvalue weighted by molar-refractivity contribution is 0.245. The van der Waals surface area contributed by atoms with E-state index in [9.17, 15) is 0 Å². The number of para-hydroxylation sites is 1. The summed E-state index contributed by atoms with van der Waals surface area (Å²) in [6.07, 6.45) is 10.2. The van der Waals surface area contributed by atoms with Crippen molar-refractivity contribution in [2.24, 2.45) is 0 Å². The van der Waals surface area contributed by atoms with Crippen LogP contribution in [0.15, 0.2) is 29.2 Å². The van der Waals surface area contributed by atoms with E-state index >= 15 is 0 Å². The minimum atomic E-state index is 0.734. The van der Waals surface area contributed by atoms with Gasteiger partial charge in [-0.1, -0.05) is 19.1 Å². The summed E-state index contributed by atoms with van der Waals surface area (Å²) in [6, 6.07) is 11.2. The predicted molar refractivity (Wildman–Crippen MR) is 93.4 cm³/mol. The summed E-state index contributed by atoms with van der Waals surface area (Å²) in [5, 5.41) is 3.77. The zero-order chi connectivity index (χ0) is 14.7. The van der Waals surface area contributed by atoms with Crippen LogP contribution in [0.1, 0.15) is 45.4 Å². The van der Waals surface area contributed by atoms with Crippen LogP contribution in [0.2, 0.25) is 0 Å². The number of thioether (sulfide) groups is 1. The van der Waals surface area contributed by atoms with Crippen molar-refractivity contribution in [1.82, 2.24) is 5.32 Å². The largest absolute Gasteiger partial charge is 0.365 e. The first-order valence-corrected chi connectivity index (χ1v) is 9.70. The van der Waals surface area contributed by atoms with Gasteiger partial charge in [0.15, 0.2) is 0 Å². The van der Waals surface area contributed by atoms with Gasteiger partial charge in [0.25, 0.3) is 0 Å². The van der Waals surface area contributed by atoms with Gasteiger partial charge in [0.05, 0.1) is 5.69 Å². The highest BCUT2D eigenvalue weighted by atomic mass is 32.2. The second-order valence-electron chi connectivity index (χ2n) is 6.44. The molecule has 2 aliphatic heterocycles. The lowest BCUT2D eigenvalue weighted by Gasteiger charge is -2.51. The minimum absolute atomic E-state index is 0.734. The summed E-state index contributed by atoms with van der Waals surface area (Å²) in [6.45, 7) is 3.43. The van der Waals surface area contributed by atoms with Crippen molar-refractivity contribution in [3.8, 4) is 0 Å². The molecule has 1 aromatic carbocycles. The van der Waals surface area contributed by atoms with Crippen molar-refractivity contribution >= 4 is 17.4 Å². The SMILES string of the molecule is CCCNC1CC2CCCC(C1)N2c1ccccc1SC. The molecule has 2 atom stereocenters. The number of nitrogens with one attached hydrogen (secondary N) is 1. The number of rotatable bonds is 5. The van der Waals surface area contributed by atoms with E-state index in [0.717, 1.165) is 18.1 Å².